The van der Waals surface area contributed by atoms with Crippen LogP contribution < -0.4 is 5.73 Å². The number of carbonyl (C=O) groups is 1. The quantitative estimate of drug-likeness (QED) is 0.358. The van der Waals surface area contributed by atoms with Crippen molar-refractivity contribution in [2.24, 2.45) is 5.73 Å². The Balaban J connectivity index is 2.61. The van der Waals surface area contributed by atoms with Crippen LogP contribution in [0.5, 0.6) is 0 Å². The van der Waals surface area contributed by atoms with Gasteiger partial charge in [0.2, 0.25) is 5.91 Å². The zero-order valence-corrected chi connectivity index (χ0v) is 9.97. The van der Waals surface area contributed by atoms with Crippen molar-refractivity contribution in [1.29, 1.82) is 0 Å². The van der Waals surface area contributed by atoms with E-state index in [0.717, 1.165) is 0 Å². The Morgan fingerprint density at radius 3 is 2.44 bits per heavy atom. The van der Waals surface area contributed by atoms with Crippen LogP contribution in [0.2, 0.25) is 0 Å². The summed E-state index contributed by atoms with van der Waals surface area (Å²) in [5, 5.41) is 37.6. The highest BCUT2D eigenvalue weighted by Gasteiger charge is 2.44. The number of carbonyl (C=O) groups excluding carboxylic acids is 1. The molecule has 1 aliphatic heterocycles. The Morgan fingerprint density at radius 2 is 1.94 bits per heavy atom. The maximum atomic E-state index is 10.7. The Bertz CT molecular complexity index is 285. The van der Waals surface area contributed by atoms with Crippen molar-refractivity contribution in [3.8, 4) is 0 Å². The molecular weight excluding hydrogens is 246 g/mol. The zero-order valence-electron chi connectivity index (χ0n) is 9.97. The number of amides is 1. The average Bonchev–Trinajstić information content (AvgIpc) is 2.29. The van der Waals surface area contributed by atoms with Crippen molar-refractivity contribution < 1.29 is 34.7 Å². The molecule has 0 aromatic rings. The molecule has 0 aromatic heterocycles. The van der Waals surface area contributed by atoms with Gasteiger partial charge in [0.05, 0.1) is 19.1 Å². The molecule has 0 aliphatic carbocycles. The zero-order chi connectivity index (χ0) is 13.9. The van der Waals surface area contributed by atoms with Crippen molar-refractivity contribution in [3.05, 3.63) is 0 Å². The van der Waals surface area contributed by atoms with Gasteiger partial charge < -0.3 is 35.6 Å². The highest BCUT2D eigenvalue weighted by atomic mass is 16.7. The molecule has 1 saturated heterocycles. The Labute approximate surface area is 104 Å². The molecule has 8 heteroatoms. The smallest absolute Gasteiger partial charge is 0.220 e. The van der Waals surface area contributed by atoms with Crippen molar-refractivity contribution >= 4 is 5.91 Å². The van der Waals surface area contributed by atoms with Gasteiger partial charge in [-0.2, -0.15) is 0 Å². The molecule has 8 nitrogen and oxygen atoms in total. The SMILES string of the molecule is CC(CC(N)=O)O[C@@H]1OC(CO)[C@@H](O)[C@H](O)C1O. The van der Waals surface area contributed by atoms with Crippen LogP contribution in [0, 0.1) is 0 Å². The lowest BCUT2D eigenvalue weighted by molar-refractivity contribution is -0.309. The van der Waals surface area contributed by atoms with Crippen LogP contribution >= 0.6 is 0 Å². The van der Waals surface area contributed by atoms with E-state index in [0.29, 0.717) is 0 Å². The summed E-state index contributed by atoms with van der Waals surface area (Å²) in [6.45, 7) is 1.02. The van der Waals surface area contributed by atoms with Gasteiger partial charge in [0.15, 0.2) is 6.29 Å². The van der Waals surface area contributed by atoms with Crippen LogP contribution in [0.25, 0.3) is 0 Å². The van der Waals surface area contributed by atoms with Gasteiger partial charge in [0.25, 0.3) is 0 Å². The molecule has 1 heterocycles. The van der Waals surface area contributed by atoms with Crippen LogP contribution in [-0.2, 0) is 14.3 Å². The molecule has 0 aromatic carbocycles. The second kappa shape index (κ2) is 6.41. The van der Waals surface area contributed by atoms with E-state index in [1.807, 2.05) is 0 Å². The monoisotopic (exact) mass is 265 g/mol. The van der Waals surface area contributed by atoms with Gasteiger partial charge in [-0.15, -0.1) is 0 Å². The van der Waals surface area contributed by atoms with E-state index in [-0.39, 0.29) is 6.42 Å². The van der Waals surface area contributed by atoms with Crippen molar-refractivity contribution in [3.63, 3.8) is 0 Å². The minimum Gasteiger partial charge on any atom is -0.394 e. The summed E-state index contributed by atoms with van der Waals surface area (Å²) in [7, 11) is 0. The summed E-state index contributed by atoms with van der Waals surface area (Å²) in [5.41, 5.74) is 4.98. The van der Waals surface area contributed by atoms with Gasteiger partial charge >= 0.3 is 0 Å². The van der Waals surface area contributed by atoms with Gasteiger partial charge in [-0.3, -0.25) is 4.79 Å². The maximum absolute atomic E-state index is 10.7. The topological polar surface area (TPSA) is 142 Å². The van der Waals surface area contributed by atoms with Crippen LogP contribution in [0.1, 0.15) is 13.3 Å². The molecule has 18 heavy (non-hydrogen) atoms. The fraction of sp³-hybridized carbons (Fsp3) is 0.900. The standard InChI is InChI=1S/C10H19NO7/c1-4(2-6(11)13)17-10-9(16)8(15)7(14)5(3-12)18-10/h4-5,7-10,12,14-16H,2-3H2,1H3,(H2,11,13)/t4?,5?,7-,8+,9?,10-/m1/s1. The molecule has 0 saturated carbocycles. The molecule has 106 valence electrons. The Kier molecular flexibility index (Phi) is 5.45. The lowest BCUT2D eigenvalue weighted by atomic mass is 9.99. The number of aliphatic hydroxyl groups excluding tert-OH is 4. The number of primary amides is 1. The number of ether oxygens (including phenoxy) is 2. The van der Waals surface area contributed by atoms with Gasteiger partial charge in [-0.25, -0.2) is 0 Å². The number of rotatable bonds is 5. The first-order valence-electron chi connectivity index (χ1n) is 5.61. The summed E-state index contributed by atoms with van der Waals surface area (Å²) >= 11 is 0. The average molecular weight is 265 g/mol. The molecule has 1 amide bonds. The minimum atomic E-state index is -1.50. The largest absolute Gasteiger partial charge is 0.394 e. The maximum Gasteiger partial charge on any atom is 0.220 e. The Morgan fingerprint density at radius 1 is 1.33 bits per heavy atom. The molecule has 3 unspecified atom stereocenters. The fourth-order valence-corrected chi connectivity index (χ4v) is 1.74. The van der Waals surface area contributed by atoms with E-state index in [1.165, 1.54) is 0 Å². The van der Waals surface area contributed by atoms with Crippen molar-refractivity contribution in [2.45, 2.75) is 50.2 Å². The molecule has 1 rings (SSSR count). The second-order valence-electron chi connectivity index (χ2n) is 4.31. The number of nitrogens with two attached hydrogens (primary N) is 1. The highest BCUT2D eigenvalue weighted by Crippen LogP contribution is 2.23. The molecule has 6 atom stereocenters. The molecule has 0 spiro atoms. The van der Waals surface area contributed by atoms with Gasteiger partial charge in [0.1, 0.15) is 24.4 Å². The molecule has 0 radical (unpaired) electrons. The number of hydrogen-bond acceptors (Lipinski definition) is 7. The molecule has 1 aliphatic rings. The van der Waals surface area contributed by atoms with Crippen molar-refractivity contribution in [1.82, 2.24) is 0 Å². The fourth-order valence-electron chi connectivity index (χ4n) is 1.74. The summed E-state index contributed by atoms with van der Waals surface area (Å²) in [6.07, 6.45) is -7.38. The molecular formula is C10H19NO7. The van der Waals surface area contributed by atoms with E-state index in [1.54, 1.807) is 6.92 Å². The highest BCUT2D eigenvalue weighted by molar-refractivity contribution is 5.74. The van der Waals surface area contributed by atoms with Crippen LogP contribution in [0.3, 0.4) is 0 Å². The lowest BCUT2D eigenvalue weighted by Gasteiger charge is -2.40. The third kappa shape index (κ3) is 3.61. The summed E-state index contributed by atoms with van der Waals surface area (Å²) in [6, 6.07) is 0. The van der Waals surface area contributed by atoms with Crippen LogP contribution in [-0.4, -0.2) is 69.8 Å². The number of hydrogen-bond donors (Lipinski definition) is 5. The second-order valence-corrected chi connectivity index (χ2v) is 4.31. The third-order valence-corrected chi connectivity index (χ3v) is 2.70. The lowest BCUT2D eigenvalue weighted by Crippen LogP contribution is -2.59. The summed E-state index contributed by atoms with van der Waals surface area (Å²) in [4.78, 5) is 10.7. The first-order valence-corrected chi connectivity index (χ1v) is 5.61. The predicted octanol–water partition coefficient (Wildman–Crippen LogP) is -2.93. The molecule has 1 fully saturated rings. The van der Waals surface area contributed by atoms with Crippen LogP contribution in [0.15, 0.2) is 0 Å². The predicted molar refractivity (Wildman–Crippen MR) is 58.1 cm³/mol. The minimum absolute atomic E-state index is 0.0744. The normalized spacial score (nSPS) is 38.4. The van der Waals surface area contributed by atoms with E-state index in [9.17, 15) is 20.1 Å². The first kappa shape index (κ1) is 15.3. The van der Waals surface area contributed by atoms with Gasteiger partial charge in [-0.1, -0.05) is 0 Å². The van der Waals surface area contributed by atoms with Crippen molar-refractivity contribution in [2.75, 3.05) is 6.61 Å². The van der Waals surface area contributed by atoms with E-state index >= 15 is 0 Å². The number of aliphatic hydroxyl groups is 4. The summed E-state index contributed by atoms with van der Waals surface area (Å²) < 4.78 is 10.3. The van der Waals surface area contributed by atoms with E-state index < -0.39 is 49.3 Å². The van der Waals surface area contributed by atoms with E-state index in [4.69, 9.17) is 20.3 Å². The molecule has 0 bridgehead atoms. The van der Waals surface area contributed by atoms with E-state index in [2.05, 4.69) is 0 Å². The van der Waals surface area contributed by atoms with Crippen LogP contribution in [0.4, 0.5) is 0 Å². The summed E-state index contributed by atoms with van der Waals surface area (Å²) in [5.74, 6) is -0.577. The van der Waals surface area contributed by atoms with Gasteiger partial charge in [-0.05, 0) is 6.92 Å². The third-order valence-electron chi connectivity index (χ3n) is 2.70. The van der Waals surface area contributed by atoms with Gasteiger partial charge in [0, 0.05) is 0 Å². The first-order chi connectivity index (χ1) is 8.36. The molecule has 6 N–H and O–H groups in total. The Hall–Kier alpha value is -0.770.